The summed E-state index contributed by atoms with van der Waals surface area (Å²) in [6.45, 7) is 4.00. The van der Waals surface area contributed by atoms with E-state index < -0.39 is 0 Å². The van der Waals surface area contributed by atoms with Crippen LogP contribution >= 0.6 is 0 Å². The Balaban J connectivity index is 0.000000771. The fourth-order valence-electron chi connectivity index (χ4n) is 1.40. The summed E-state index contributed by atoms with van der Waals surface area (Å²) in [4.78, 5) is 19.7. The van der Waals surface area contributed by atoms with Crippen LogP contribution in [0, 0.1) is 0 Å². The van der Waals surface area contributed by atoms with Crippen molar-refractivity contribution in [1.82, 2.24) is 9.97 Å². The van der Waals surface area contributed by atoms with Gasteiger partial charge in [-0.1, -0.05) is 32.0 Å². The summed E-state index contributed by atoms with van der Waals surface area (Å²) in [5, 5.41) is 0. The Kier molecular flexibility index (Phi) is 5.51. The first-order valence-electron chi connectivity index (χ1n) is 5.77. The number of rotatable bonds is 2. The van der Waals surface area contributed by atoms with Gasteiger partial charge in [-0.3, -0.25) is 0 Å². The quantitative estimate of drug-likeness (QED) is 0.762. The van der Waals surface area contributed by atoms with Crippen LogP contribution in [0.3, 0.4) is 0 Å². The Morgan fingerprint density at radius 1 is 1.06 bits per heavy atom. The lowest BCUT2D eigenvalue weighted by molar-refractivity contribution is 0.0601. The zero-order chi connectivity index (χ0) is 13.4. The molecular formula is C14H16N2O2. The maximum Gasteiger partial charge on any atom is 0.338 e. The molecule has 2 aromatic rings. The lowest BCUT2D eigenvalue weighted by Crippen LogP contribution is -2.04. The molecule has 4 heteroatoms. The molecule has 4 nitrogen and oxygen atoms in total. The normalized spacial score (nSPS) is 9.06. The standard InChI is InChI=1S/C12H10N2O2.C2H6/c1-16-12(15)10-6-3-2-5-9(10)11-13-7-4-8-14-11;1-2/h2-8H,1H3;1-2H3. The second kappa shape index (κ2) is 7.17. The van der Waals surface area contributed by atoms with Gasteiger partial charge >= 0.3 is 5.97 Å². The Morgan fingerprint density at radius 2 is 1.67 bits per heavy atom. The highest BCUT2D eigenvalue weighted by Gasteiger charge is 2.13. The van der Waals surface area contributed by atoms with Crippen molar-refractivity contribution in [3.8, 4) is 11.4 Å². The first kappa shape index (κ1) is 13.8. The topological polar surface area (TPSA) is 52.1 Å². The van der Waals surface area contributed by atoms with Gasteiger partial charge < -0.3 is 4.74 Å². The van der Waals surface area contributed by atoms with Crippen molar-refractivity contribution in [2.75, 3.05) is 7.11 Å². The summed E-state index contributed by atoms with van der Waals surface area (Å²) in [6.07, 6.45) is 3.27. The largest absolute Gasteiger partial charge is 0.465 e. The summed E-state index contributed by atoms with van der Waals surface area (Å²) in [5.74, 6) is 0.131. The molecule has 94 valence electrons. The van der Waals surface area contributed by atoms with Crippen molar-refractivity contribution in [3.05, 3.63) is 48.3 Å². The van der Waals surface area contributed by atoms with E-state index in [0.717, 1.165) is 0 Å². The third-order valence-electron chi connectivity index (χ3n) is 2.14. The summed E-state index contributed by atoms with van der Waals surface area (Å²) in [5.41, 5.74) is 1.14. The maximum atomic E-state index is 11.5. The molecule has 0 saturated heterocycles. The van der Waals surface area contributed by atoms with Crippen molar-refractivity contribution in [2.24, 2.45) is 0 Å². The fourth-order valence-corrected chi connectivity index (χ4v) is 1.40. The van der Waals surface area contributed by atoms with E-state index in [-0.39, 0.29) is 5.97 Å². The number of methoxy groups -OCH3 is 1. The van der Waals surface area contributed by atoms with Crippen molar-refractivity contribution in [3.63, 3.8) is 0 Å². The average molecular weight is 244 g/mol. The van der Waals surface area contributed by atoms with E-state index in [1.54, 1.807) is 36.7 Å². The average Bonchev–Trinajstić information content (AvgIpc) is 2.49. The first-order valence-corrected chi connectivity index (χ1v) is 5.77. The number of nitrogens with zero attached hydrogens (tertiary/aromatic N) is 2. The predicted octanol–water partition coefficient (Wildman–Crippen LogP) is 2.96. The van der Waals surface area contributed by atoms with Crippen LogP contribution in [0.15, 0.2) is 42.7 Å². The smallest absolute Gasteiger partial charge is 0.338 e. The molecule has 0 radical (unpaired) electrons. The molecule has 1 heterocycles. The van der Waals surface area contributed by atoms with Gasteiger partial charge in [0.15, 0.2) is 5.82 Å². The zero-order valence-corrected chi connectivity index (χ0v) is 10.8. The SMILES string of the molecule is CC.COC(=O)c1ccccc1-c1ncccn1. The zero-order valence-electron chi connectivity index (χ0n) is 10.8. The van der Waals surface area contributed by atoms with E-state index in [4.69, 9.17) is 4.74 Å². The van der Waals surface area contributed by atoms with Gasteiger partial charge in [0.25, 0.3) is 0 Å². The third kappa shape index (κ3) is 3.13. The highest BCUT2D eigenvalue weighted by Crippen LogP contribution is 2.19. The van der Waals surface area contributed by atoms with E-state index in [1.165, 1.54) is 7.11 Å². The van der Waals surface area contributed by atoms with Gasteiger partial charge in [0, 0.05) is 18.0 Å². The van der Waals surface area contributed by atoms with Crippen molar-refractivity contribution < 1.29 is 9.53 Å². The monoisotopic (exact) mass is 244 g/mol. The second-order valence-corrected chi connectivity index (χ2v) is 3.11. The van der Waals surface area contributed by atoms with Crippen molar-refractivity contribution in [2.45, 2.75) is 13.8 Å². The van der Waals surface area contributed by atoms with Crippen molar-refractivity contribution >= 4 is 5.97 Å². The van der Waals surface area contributed by atoms with Crippen LogP contribution in [0.25, 0.3) is 11.4 Å². The molecule has 0 aliphatic rings. The molecule has 0 fully saturated rings. The Morgan fingerprint density at radius 3 is 2.28 bits per heavy atom. The number of benzene rings is 1. The maximum absolute atomic E-state index is 11.5. The molecule has 0 saturated carbocycles. The van der Waals surface area contributed by atoms with Gasteiger partial charge in [0.2, 0.25) is 0 Å². The molecule has 0 unspecified atom stereocenters. The molecule has 0 amide bonds. The lowest BCUT2D eigenvalue weighted by atomic mass is 10.1. The van der Waals surface area contributed by atoms with Crippen LogP contribution in [-0.2, 0) is 4.74 Å². The van der Waals surface area contributed by atoms with Gasteiger partial charge in [-0.2, -0.15) is 0 Å². The molecule has 2 rings (SSSR count). The van der Waals surface area contributed by atoms with Crippen LogP contribution in [0.2, 0.25) is 0 Å². The first-order chi connectivity index (χ1) is 8.83. The fraction of sp³-hybridized carbons (Fsp3) is 0.214. The molecule has 18 heavy (non-hydrogen) atoms. The number of carbonyl (C=O) groups is 1. The minimum absolute atomic E-state index is 0.386. The van der Waals surface area contributed by atoms with Gasteiger partial charge in [0.1, 0.15) is 0 Å². The highest BCUT2D eigenvalue weighted by molar-refractivity contribution is 5.96. The predicted molar refractivity (Wildman–Crippen MR) is 70.2 cm³/mol. The van der Waals surface area contributed by atoms with E-state index in [0.29, 0.717) is 17.0 Å². The van der Waals surface area contributed by atoms with Crippen LogP contribution in [0.4, 0.5) is 0 Å². The van der Waals surface area contributed by atoms with Crippen LogP contribution in [-0.4, -0.2) is 23.0 Å². The number of hydrogen-bond acceptors (Lipinski definition) is 4. The second-order valence-electron chi connectivity index (χ2n) is 3.11. The molecule has 0 atom stereocenters. The summed E-state index contributed by atoms with van der Waals surface area (Å²) < 4.78 is 4.70. The molecule has 1 aromatic carbocycles. The number of aromatic nitrogens is 2. The number of ether oxygens (including phenoxy) is 1. The number of esters is 1. The van der Waals surface area contributed by atoms with E-state index in [9.17, 15) is 4.79 Å². The van der Waals surface area contributed by atoms with Crippen LogP contribution < -0.4 is 0 Å². The van der Waals surface area contributed by atoms with E-state index in [1.807, 2.05) is 19.9 Å². The molecular weight excluding hydrogens is 228 g/mol. The molecule has 1 aromatic heterocycles. The molecule has 0 bridgehead atoms. The Hall–Kier alpha value is -2.23. The van der Waals surface area contributed by atoms with Gasteiger partial charge in [-0.05, 0) is 12.1 Å². The summed E-state index contributed by atoms with van der Waals surface area (Å²) in [7, 11) is 1.35. The van der Waals surface area contributed by atoms with Crippen LogP contribution in [0.1, 0.15) is 24.2 Å². The minimum Gasteiger partial charge on any atom is -0.465 e. The van der Waals surface area contributed by atoms with E-state index >= 15 is 0 Å². The molecule has 0 spiro atoms. The summed E-state index contributed by atoms with van der Waals surface area (Å²) in [6, 6.07) is 8.82. The lowest BCUT2D eigenvalue weighted by Gasteiger charge is -2.05. The molecule has 0 N–H and O–H groups in total. The van der Waals surface area contributed by atoms with Gasteiger partial charge in [0.05, 0.1) is 12.7 Å². The van der Waals surface area contributed by atoms with Gasteiger partial charge in [-0.15, -0.1) is 0 Å². The van der Waals surface area contributed by atoms with Gasteiger partial charge in [-0.25, -0.2) is 14.8 Å². The summed E-state index contributed by atoms with van der Waals surface area (Å²) >= 11 is 0. The minimum atomic E-state index is -0.386. The highest BCUT2D eigenvalue weighted by atomic mass is 16.5. The molecule has 0 aliphatic carbocycles. The third-order valence-corrected chi connectivity index (χ3v) is 2.14. The number of carbonyl (C=O) groups excluding carboxylic acids is 1. The number of hydrogen-bond donors (Lipinski definition) is 0. The Bertz CT molecular complexity index is 498. The Labute approximate surface area is 107 Å². The van der Waals surface area contributed by atoms with Crippen molar-refractivity contribution in [1.29, 1.82) is 0 Å². The molecule has 0 aliphatic heterocycles. The van der Waals surface area contributed by atoms with Crippen LogP contribution in [0.5, 0.6) is 0 Å². The van der Waals surface area contributed by atoms with E-state index in [2.05, 4.69) is 9.97 Å².